The molecule has 8 nitrogen and oxygen atoms in total. The van der Waals surface area contributed by atoms with Crippen molar-refractivity contribution in [3.05, 3.63) is 0 Å². The van der Waals surface area contributed by atoms with Crippen LogP contribution in [0.25, 0.3) is 0 Å². The van der Waals surface area contributed by atoms with Crippen molar-refractivity contribution in [2.75, 3.05) is 18.2 Å². The van der Waals surface area contributed by atoms with Crippen LogP contribution in [-0.2, 0) is 20.0 Å². The lowest BCUT2D eigenvalue weighted by Gasteiger charge is -2.08. The third-order valence-corrected chi connectivity index (χ3v) is 6.16. The highest BCUT2D eigenvalue weighted by atomic mass is 32.3. The number of unbranched alkanes of at least 4 members (excludes halogenated alkanes) is 4. The first-order valence-corrected chi connectivity index (χ1v) is 9.82. The van der Waals surface area contributed by atoms with Gasteiger partial charge in [0.05, 0.1) is 12.1 Å². The van der Waals surface area contributed by atoms with Gasteiger partial charge in [0.15, 0.2) is 5.08 Å². The molecular weight excluding hydrogens is 316 g/mol. The maximum absolute atomic E-state index is 11.6. The summed E-state index contributed by atoms with van der Waals surface area (Å²) in [7, 11) is -7.82. The normalized spacial score (nSPS) is 11.7. The predicted molar refractivity (Wildman–Crippen MR) is 77.6 cm³/mol. The first-order valence-electron chi connectivity index (χ1n) is 6.51. The topological polar surface area (TPSA) is 140 Å². The zero-order valence-electron chi connectivity index (χ0n) is 11.7. The SMILES string of the molecule is N#CCCCCNS(=O)(=O)CS(=O)(=O)NCCCCC#N. The van der Waals surface area contributed by atoms with Crippen LogP contribution in [0.4, 0.5) is 0 Å². The summed E-state index contributed by atoms with van der Waals surface area (Å²) < 4.78 is 50.7. The first kappa shape index (κ1) is 19.8. The Morgan fingerprint density at radius 3 is 1.43 bits per heavy atom. The maximum Gasteiger partial charge on any atom is 0.227 e. The van der Waals surface area contributed by atoms with Crippen molar-refractivity contribution in [1.29, 1.82) is 10.5 Å². The molecule has 0 aromatic rings. The van der Waals surface area contributed by atoms with E-state index in [1.807, 2.05) is 12.1 Å². The van der Waals surface area contributed by atoms with Gasteiger partial charge in [-0.25, -0.2) is 26.3 Å². The van der Waals surface area contributed by atoms with E-state index in [1.165, 1.54) is 0 Å². The largest absolute Gasteiger partial charge is 0.227 e. The Labute approximate surface area is 126 Å². The van der Waals surface area contributed by atoms with Crippen molar-refractivity contribution in [2.24, 2.45) is 0 Å². The lowest BCUT2D eigenvalue weighted by Crippen LogP contribution is -2.36. The number of hydrogen-bond acceptors (Lipinski definition) is 6. The molecule has 0 saturated heterocycles. The molecule has 0 rings (SSSR count). The van der Waals surface area contributed by atoms with E-state index in [4.69, 9.17) is 10.5 Å². The highest BCUT2D eigenvalue weighted by Crippen LogP contribution is 1.98. The molecule has 0 saturated carbocycles. The number of nitriles is 2. The predicted octanol–water partition coefficient (Wildman–Crippen LogP) is 0.170. The molecule has 0 bridgehead atoms. The molecule has 0 unspecified atom stereocenters. The van der Waals surface area contributed by atoms with Crippen LogP contribution in [-0.4, -0.2) is 35.0 Å². The van der Waals surface area contributed by atoms with Crippen LogP contribution in [0.5, 0.6) is 0 Å². The van der Waals surface area contributed by atoms with Crippen LogP contribution in [0.15, 0.2) is 0 Å². The quantitative estimate of drug-likeness (QED) is 0.487. The van der Waals surface area contributed by atoms with E-state index in [0.29, 0.717) is 38.5 Å². The van der Waals surface area contributed by atoms with Crippen LogP contribution in [0.2, 0.25) is 0 Å². The van der Waals surface area contributed by atoms with Gasteiger partial charge in [-0.1, -0.05) is 0 Å². The molecule has 0 heterocycles. The van der Waals surface area contributed by atoms with E-state index in [1.54, 1.807) is 0 Å². The second-order valence-corrected chi connectivity index (χ2v) is 8.35. The molecule has 0 aromatic heterocycles. The van der Waals surface area contributed by atoms with Crippen LogP contribution in [0, 0.1) is 22.7 Å². The Morgan fingerprint density at radius 1 is 0.714 bits per heavy atom. The Bertz CT molecular complexity index is 520. The molecule has 0 radical (unpaired) electrons. The summed E-state index contributed by atoms with van der Waals surface area (Å²) in [5.74, 6) is 0. The highest BCUT2D eigenvalue weighted by Gasteiger charge is 2.21. The van der Waals surface area contributed by atoms with Gasteiger partial charge in [-0.15, -0.1) is 0 Å². The van der Waals surface area contributed by atoms with E-state index < -0.39 is 25.1 Å². The van der Waals surface area contributed by atoms with Gasteiger partial charge < -0.3 is 0 Å². The lowest BCUT2D eigenvalue weighted by molar-refractivity contribution is 0.569. The summed E-state index contributed by atoms with van der Waals surface area (Å²) >= 11 is 0. The minimum Gasteiger partial charge on any atom is -0.214 e. The number of rotatable bonds is 12. The molecule has 0 aliphatic heterocycles. The summed E-state index contributed by atoms with van der Waals surface area (Å²) in [5.41, 5.74) is 0. The molecule has 0 aliphatic carbocycles. The molecule has 21 heavy (non-hydrogen) atoms. The molecule has 0 atom stereocenters. The van der Waals surface area contributed by atoms with Gasteiger partial charge in [0.1, 0.15) is 0 Å². The minimum absolute atomic E-state index is 0.113. The smallest absolute Gasteiger partial charge is 0.214 e. The van der Waals surface area contributed by atoms with Crippen molar-refractivity contribution in [2.45, 2.75) is 38.5 Å². The lowest BCUT2D eigenvalue weighted by atomic mass is 10.2. The second-order valence-electron chi connectivity index (χ2n) is 4.37. The van der Waals surface area contributed by atoms with E-state index in [2.05, 4.69) is 9.44 Å². The number of sulfonamides is 2. The Kier molecular flexibility index (Phi) is 9.91. The number of hydrogen-bond donors (Lipinski definition) is 2. The standard InChI is InChI=1S/C11H20N4O4S2/c12-7-3-1-5-9-14-20(16,17)11-21(18,19)15-10-6-2-4-8-13/h14-15H,1-6,9-11H2. The van der Waals surface area contributed by atoms with E-state index in [0.717, 1.165) is 0 Å². The third-order valence-electron chi connectivity index (χ3n) is 2.38. The van der Waals surface area contributed by atoms with Crippen molar-refractivity contribution in [3.8, 4) is 12.1 Å². The summed E-state index contributed by atoms with van der Waals surface area (Å²) in [5, 5.41) is 15.6. The van der Waals surface area contributed by atoms with Gasteiger partial charge >= 0.3 is 0 Å². The second kappa shape index (κ2) is 10.5. The zero-order chi connectivity index (χ0) is 16.2. The van der Waals surface area contributed by atoms with Gasteiger partial charge in [0.2, 0.25) is 20.0 Å². The summed E-state index contributed by atoms with van der Waals surface area (Å²) in [6, 6.07) is 3.88. The van der Waals surface area contributed by atoms with Crippen molar-refractivity contribution >= 4 is 20.0 Å². The van der Waals surface area contributed by atoms with E-state index in [9.17, 15) is 16.8 Å². The van der Waals surface area contributed by atoms with Crippen molar-refractivity contribution in [3.63, 3.8) is 0 Å². The zero-order valence-corrected chi connectivity index (χ0v) is 13.3. The van der Waals surface area contributed by atoms with Gasteiger partial charge in [0.25, 0.3) is 0 Å². The number of nitrogens with zero attached hydrogens (tertiary/aromatic N) is 2. The average Bonchev–Trinajstić information content (AvgIpc) is 2.36. The van der Waals surface area contributed by atoms with E-state index in [-0.39, 0.29) is 13.1 Å². The molecular formula is C11H20N4O4S2. The third kappa shape index (κ3) is 12.3. The van der Waals surface area contributed by atoms with Gasteiger partial charge in [0, 0.05) is 25.9 Å². The molecule has 120 valence electrons. The number of nitrogens with one attached hydrogen (secondary N) is 2. The van der Waals surface area contributed by atoms with E-state index >= 15 is 0 Å². The van der Waals surface area contributed by atoms with Crippen LogP contribution in [0.1, 0.15) is 38.5 Å². The molecule has 10 heteroatoms. The Balaban J connectivity index is 4.06. The molecule has 0 fully saturated rings. The van der Waals surface area contributed by atoms with Crippen LogP contribution in [0.3, 0.4) is 0 Å². The molecule has 0 amide bonds. The van der Waals surface area contributed by atoms with Crippen molar-refractivity contribution in [1.82, 2.24) is 9.44 Å². The average molecular weight is 336 g/mol. The maximum atomic E-state index is 11.6. The fraction of sp³-hybridized carbons (Fsp3) is 0.818. The highest BCUT2D eigenvalue weighted by molar-refractivity contribution is 8.06. The first-order chi connectivity index (χ1) is 9.83. The molecule has 0 aromatic carbocycles. The molecule has 0 spiro atoms. The van der Waals surface area contributed by atoms with Gasteiger partial charge in [-0.2, -0.15) is 10.5 Å². The fourth-order valence-electron chi connectivity index (χ4n) is 1.40. The summed E-state index contributed by atoms with van der Waals surface area (Å²) in [4.78, 5) is 0. The van der Waals surface area contributed by atoms with Crippen LogP contribution < -0.4 is 9.44 Å². The van der Waals surface area contributed by atoms with Crippen LogP contribution >= 0.6 is 0 Å². The van der Waals surface area contributed by atoms with Gasteiger partial charge in [-0.05, 0) is 25.7 Å². The summed E-state index contributed by atoms with van der Waals surface area (Å²) in [6.07, 6.45) is 2.75. The Hall–Kier alpha value is -1.20. The van der Waals surface area contributed by atoms with Crippen molar-refractivity contribution < 1.29 is 16.8 Å². The monoisotopic (exact) mass is 336 g/mol. The minimum atomic E-state index is -3.91. The van der Waals surface area contributed by atoms with Gasteiger partial charge in [-0.3, -0.25) is 0 Å². The fourth-order valence-corrected chi connectivity index (χ4v) is 4.61. The summed E-state index contributed by atoms with van der Waals surface area (Å²) in [6.45, 7) is 0.226. The molecule has 2 N–H and O–H groups in total. The molecule has 0 aliphatic rings. The Morgan fingerprint density at radius 2 is 1.10 bits per heavy atom.